The van der Waals surface area contributed by atoms with Crippen molar-refractivity contribution in [3.8, 4) is 0 Å². The van der Waals surface area contributed by atoms with Crippen LogP contribution in [0, 0.1) is 0 Å². The number of carbonyl (C=O) groups excluding carboxylic acids is 2. The molecular weight excluding hydrogens is 280 g/mol. The molecule has 1 rings (SSSR count). The summed E-state index contributed by atoms with van der Waals surface area (Å²) in [6, 6.07) is -0.402. The number of rotatable bonds is 4. The molecule has 1 heterocycles. The van der Waals surface area contributed by atoms with Crippen molar-refractivity contribution in [2.24, 2.45) is 0 Å². The highest BCUT2D eigenvalue weighted by Crippen LogP contribution is 2.17. The van der Waals surface area contributed by atoms with Gasteiger partial charge in [-0.1, -0.05) is 0 Å². The number of amides is 2. The van der Waals surface area contributed by atoms with E-state index in [1.54, 1.807) is 0 Å². The Morgan fingerprint density at radius 1 is 1.43 bits per heavy atom. The van der Waals surface area contributed by atoms with Crippen LogP contribution in [0.25, 0.3) is 0 Å². The van der Waals surface area contributed by atoms with Gasteiger partial charge in [0.1, 0.15) is 5.54 Å². The molecule has 1 aliphatic rings. The van der Waals surface area contributed by atoms with Gasteiger partial charge >= 0.3 is 18.0 Å². The number of ether oxygens (including phenoxy) is 2. The molecule has 1 fully saturated rings. The predicted octanol–water partition coefficient (Wildman–Crippen LogP) is 0.165. The van der Waals surface area contributed by atoms with Crippen LogP contribution < -0.4 is 0 Å². The van der Waals surface area contributed by atoms with Crippen molar-refractivity contribution in [1.29, 1.82) is 0 Å². The lowest BCUT2D eigenvalue weighted by Crippen LogP contribution is -2.58. The van der Waals surface area contributed by atoms with Gasteiger partial charge < -0.3 is 24.4 Å². The third-order valence-corrected chi connectivity index (χ3v) is 3.68. The number of morpholine rings is 1. The number of hydrogen-bond donors (Lipinski definition) is 1. The summed E-state index contributed by atoms with van der Waals surface area (Å²) in [7, 11) is 2.73. The monoisotopic (exact) mass is 302 g/mol. The largest absolute Gasteiger partial charge is 0.480 e. The van der Waals surface area contributed by atoms with Gasteiger partial charge in [-0.05, 0) is 13.8 Å². The maximum Gasteiger partial charge on any atom is 0.329 e. The van der Waals surface area contributed by atoms with Gasteiger partial charge in [-0.3, -0.25) is 4.79 Å². The molecule has 8 nitrogen and oxygen atoms in total. The zero-order valence-electron chi connectivity index (χ0n) is 12.8. The Hall–Kier alpha value is -1.83. The van der Waals surface area contributed by atoms with Crippen LogP contribution in [0.1, 0.15) is 20.3 Å². The molecule has 0 spiro atoms. The molecule has 1 atom stereocenters. The van der Waals surface area contributed by atoms with E-state index in [1.807, 2.05) is 0 Å². The number of carboxylic acid groups (broad SMARTS) is 1. The van der Waals surface area contributed by atoms with E-state index >= 15 is 0 Å². The Bertz CT molecular complexity index is 423. The molecule has 1 N–H and O–H groups in total. The molecule has 0 saturated carbocycles. The molecule has 1 saturated heterocycles. The lowest BCUT2D eigenvalue weighted by Gasteiger charge is -2.39. The van der Waals surface area contributed by atoms with Crippen molar-refractivity contribution in [3.63, 3.8) is 0 Å². The smallest absolute Gasteiger partial charge is 0.329 e. The van der Waals surface area contributed by atoms with Gasteiger partial charge in [-0.15, -0.1) is 0 Å². The topological polar surface area (TPSA) is 96.4 Å². The Kier molecular flexibility index (Phi) is 5.54. The molecule has 0 radical (unpaired) electrons. The highest BCUT2D eigenvalue weighted by atomic mass is 16.5. The fraction of sp³-hybridized carbons (Fsp3) is 0.769. The van der Waals surface area contributed by atoms with Crippen molar-refractivity contribution in [2.75, 3.05) is 33.9 Å². The lowest BCUT2D eigenvalue weighted by atomic mass is 10.0. The average molecular weight is 302 g/mol. The molecule has 0 aliphatic carbocycles. The van der Waals surface area contributed by atoms with E-state index < -0.39 is 29.6 Å². The predicted molar refractivity (Wildman–Crippen MR) is 72.8 cm³/mol. The number of likely N-dealkylation sites (N-methyl/N-ethyl adjacent to an activating group) is 1. The summed E-state index contributed by atoms with van der Waals surface area (Å²) in [5.74, 6) is -1.49. The molecule has 0 aromatic heterocycles. The van der Waals surface area contributed by atoms with Crippen molar-refractivity contribution in [3.05, 3.63) is 0 Å². The van der Waals surface area contributed by atoms with Crippen LogP contribution in [0.15, 0.2) is 0 Å². The Balaban J connectivity index is 2.69. The SMILES string of the molecule is COC(=O)CC1CN(C(=O)N(C)C(C)(C)C(=O)O)CCO1. The number of esters is 1. The fourth-order valence-electron chi connectivity index (χ4n) is 1.88. The van der Waals surface area contributed by atoms with E-state index in [1.165, 1.54) is 37.8 Å². The molecule has 21 heavy (non-hydrogen) atoms. The summed E-state index contributed by atoms with van der Waals surface area (Å²) < 4.78 is 9.99. The normalized spacial score (nSPS) is 19.0. The average Bonchev–Trinajstić information content (AvgIpc) is 2.45. The third-order valence-electron chi connectivity index (χ3n) is 3.68. The number of hydrogen-bond acceptors (Lipinski definition) is 5. The van der Waals surface area contributed by atoms with Gasteiger partial charge in [0.05, 0.1) is 26.2 Å². The first-order chi connectivity index (χ1) is 9.70. The van der Waals surface area contributed by atoms with Crippen LogP contribution in [0.5, 0.6) is 0 Å². The third kappa shape index (κ3) is 4.07. The minimum Gasteiger partial charge on any atom is -0.480 e. The van der Waals surface area contributed by atoms with Gasteiger partial charge in [0.15, 0.2) is 0 Å². The summed E-state index contributed by atoms with van der Waals surface area (Å²) >= 11 is 0. The van der Waals surface area contributed by atoms with E-state index in [2.05, 4.69) is 4.74 Å². The van der Waals surface area contributed by atoms with Crippen molar-refractivity contribution < 1.29 is 29.0 Å². The standard InChI is InChI=1S/C13H22N2O6/c1-13(2,11(17)18)14(3)12(19)15-5-6-21-9(8-15)7-10(16)20-4/h9H,5-8H2,1-4H3,(H,17,18). The summed E-state index contributed by atoms with van der Waals surface area (Å²) in [6.07, 6.45) is -0.372. The Labute approximate surface area is 123 Å². The summed E-state index contributed by atoms with van der Waals surface area (Å²) in [5, 5.41) is 9.16. The highest BCUT2D eigenvalue weighted by molar-refractivity contribution is 5.85. The molecule has 8 heteroatoms. The molecule has 0 aromatic carbocycles. The van der Waals surface area contributed by atoms with Gasteiger partial charge in [0.2, 0.25) is 0 Å². The maximum absolute atomic E-state index is 12.4. The first-order valence-corrected chi connectivity index (χ1v) is 6.64. The minimum atomic E-state index is -1.31. The lowest BCUT2D eigenvalue weighted by molar-refractivity contribution is -0.147. The van der Waals surface area contributed by atoms with E-state index in [4.69, 9.17) is 9.84 Å². The van der Waals surface area contributed by atoms with Gasteiger partial charge in [-0.25, -0.2) is 9.59 Å². The summed E-state index contributed by atoms with van der Waals surface area (Å²) in [5.41, 5.74) is -1.31. The first kappa shape index (κ1) is 17.2. The van der Waals surface area contributed by atoms with E-state index in [9.17, 15) is 14.4 Å². The van der Waals surface area contributed by atoms with Crippen LogP contribution in [0.3, 0.4) is 0 Å². The highest BCUT2D eigenvalue weighted by Gasteiger charge is 2.38. The maximum atomic E-state index is 12.4. The summed E-state index contributed by atoms with van der Waals surface area (Å²) in [4.78, 5) is 37.5. The number of methoxy groups -OCH3 is 1. The van der Waals surface area contributed by atoms with E-state index in [-0.39, 0.29) is 13.0 Å². The molecule has 2 amide bonds. The number of urea groups is 1. The van der Waals surface area contributed by atoms with Crippen LogP contribution in [0.2, 0.25) is 0 Å². The number of nitrogens with zero attached hydrogens (tertiary/aromatic N) is 2. The molecule has 0 bridgehead atoms. The van der Waals surface area contributed by atoms with Crippen LogP contribution in [-0.2, 0) is 19.1 Å². The minimum absolute atomic E-state index is 0.0618. The van der Waals surface area contributed by atoms with E-state index in [0.29, 0.717) is 13.2 Å². The van der Waals surface area contributed by atoms with Crippen LogP contribution >= 0.6 is 0 Å². The first-order valence-electron chi connectivity index (χ1n) is 6.64. The van der Waals surface area contributed by atoms with Gasteiger partial charge in [0.25, 0.3) is 0 Å². The van der Waals surface area contributed by atoms with Crippen molar-refractivity contribution >= 4 is 18.0 Å². The molecule has 1 aliphatic heterocycles. The number of aliphatic carboxylic acids is 1. The Morgan fingerprint density at radius 3 is 2.57 bits per heavy atom. The van der Waals surface area contributed by atoms with E-state index in [0.717, 1.165) is 0 Å². The van der Waals surface area contributed by atoms with Gasteiger partial charge in [0, 0.05) is 20.1 Å². The quantitative estimate of drug-likeness (QED) is 0.743. The zero-order valence-corrected chi connectivity index (χ0v) is 12.8. The molecule has 1 unspecified atom stereocenters. The number of carbonyl (C=O) groups is 3. The van der Waals surface area contributed by atoms with Crippen molar-refractivity contribution in [2.45, 2.75) is 31.9 Å². The van der Waals surface area contributed by atoms with Crippen LogP contribution in [-0.4, -0.2) is 78.4 Å². The zero-order chi connectivity index (χ0) is 16.2. The number of carboxylic acids is 1. The second-order valence-corrected chi connectivity index (χ2v) is 5.42. The van der Waals surface area contributed by atoms with Gasteiger partial charge in [-0.2, -0.15) is 0 Å². The fourth-order valence-corrected chi connectivity index (χ4v) is 1.88. The molecular formula is C13H22N2O6. The summed E-state index contributed by atoms with van der Waals surface area (Å²) in [6.45, 7) is 3.80. The Morgan fingerprint density at radius 2 is 2.05 bits per heavy atom. The second kappa shape index (κ2) is 6.75. The second-order valence-electron chi connectivity index (χ2n) is 5.42. The molecule has 0 aromatic rings. The van der Waals surface area contributed by atoms with Crippen LogP contribution in [0.4, 0.5) is 4.79 Å². The van der Waals surface area contributed by atoms with Crippen molar-refractivity contribution in [1.82, 2.24) is 9.80 Å². The molecule has 120 valence electrons.